The highest BCUT2D eigenvalue weighted by Crippen LogP contribution is 2.45. The van der Waals surface area contributed by atoms with E-state index < -0.39 is 5.97 Å². The third kappa shape index (κ3) is 2.84. The van der Waals surface area contributed by atoms with Gasteiger partial charge in [-0.1, -0.05) is 23.9 Å². The van der Waals surface area contributed by atoms with Crippen LogP contribution >= 0.6 is 23.5 Å². The predicted molar refractivity (Wildman–Crippen MR) is 73.6 cm³/mol. The van der Waals surface area contributed by atoms with Crippen LogP contribution < -0.4 is 0 Å². The number of thioether (sulfide) groups is 2. The van der Waals surface area contributed by atoms with Crippen molar-refractivity contribution in [3.8, 4) is 0 Å². The van der Waals surface area contributed by atoms with Crippen molar-refractivity contribution in [1.29, 1.82) is 0 Å². The molecule has 2 rings (SSSR count). The molecule has 1 heterocycles. The fraction of sp³-hybridized carbons (Fsp3) is 0.333. The van der Waals surface area contributed by atoms with Gasteiger partial charge in [0.15, 0.2) is 0 Å². The van der Waals surface area contributed by atoms with Gasteiger partial charge >= 0.3 is 5.97 Å². The largest absolute Gasteiger partial charge is 0.481 e. The van der Waals surface area contributed by atoms with Gasteiger partial charge < -0.3 is 5.11 Å². The maximum atomic E-state index is 10.6. The number of aliphatic imine (C=N–C) groups is 1. The highest BCUT2D eigenvalue weighted by Gasteiger charge is 2.31. The van der Waals surface area contributed by atoms with Crippen LogP contribution in [0.15, 0.2) is 34.2 Å². The predicted octanol–water partition coefficient (Wildman–Crippen LogP) is 3.42. The Kier molecular flexibility index (Phi) is 3.49. The summed E-state index contributed by atoms with van der Waals surface area (Å²) in [5.74, 6) is -0.747. The SMILES string of the molecule is CC1(C)Sc2ccccc2N=C1SCC(=O)O. The van der Waals surface area contributed by atoms with Gasteiger partial charge in [-0.25, -0.2) is 4.99 Å². The number of carboxylic acids is 1. The van der Waals surface area contributed by atoms with Crippen molar-refractivity contribution in [3.05, 3.63) is 24.3 Å². The summed E-state index contributed by atoms with van der Waals surface area (Å²) in [6.07, 6.45) is 0. The Morgan fingerprint density at radius 2 is 2.18 bits per heavy atom. The number of hydrogen-bond donors (Lipinski definition) is 1. The first-order chi connectivity index (χ1) is 7.99. The molecule has 0 bridgehead atoms. The monoisotopic (exact) mass is 267 g/mol. The second-order valence-electron chi connectivity index (χ2n) is 4.18. The molecule has 0 unspecified atom stereocenters. The Morgan fingerprint density at radius 1 is 1.47 bits per heavy atom. The second-order valence-corrected chi connectivity index (χ2v) is 6.81. The van der Waals surface area contributed by atoms with E-state index in [1.165, 1.54) is 11.8 Å². The van der Waals surface area contributed by atoms with Crippen LogP contribution in [0.2, 0.25) is 0 Å². The zero-order valence-electron chi connectivity index (χ0n) is 9.64. The zero-order chi connectivity index (χ0) is 12.5. The van der Waals surface area contributed by atoms with Crippen molar-refractivity contribution in [1.82, 2.24) is 0 Å². The average Bonchev–Trinajstić information content (AvgIpc) is 2.25. The Morgan fingerprint density at radius 3 is 2.88 bits per heavy atom. The van der Waals surface area contributed by atoms with Crippen molar-refractivity contribution in [3.63, 3.8) is 0 Å². The third-order valence-electron chi connectivity index (χ3n) is 2.30. The maximum Gasteiger partial charge on any atom is 0.313 e. The molecule has 0 aromatic heterocycles. The Bertz CT molecular complexity index is 483. The van der Waals surface area contributed by atoms with E-state index in [2.05, 4.69) is 18.8 Å². The molecule has 90 valence electrons. The minimum Gasteiger partial charge on any atom is -0.481 e. The van der Waals surface area contributed by atoms with Gasteiger partial charge in [0, 0.05) is 4.90 Å². The first-order valence-electron chi connectivity index (χ1n) is 5.21. The van der Waals surface area contributed by atoms with Crippen molar-refractivity contribution < 1.29 is 9.90 Å². The number of aliphatic carboxylic acids is 1. The van der Waals surface area contributed by atoms with Crippen molar-refractivity contribution >= 4 is 40.2 Å². The minimum absolute atomic E-state index is 0.0605. The molecule has 0 saturated carbocycles. The molecule has 0 saturated heterocycles. The number of rotatable bonds is 2. The molecule has 0 atom stereocenters. The summed E-state index contributed by atoms with van der Waals surface area (Å²) in [6.45, 7) is 4.14. The molecule has 5 heteroatoms. The van der Waals surface area contributed by atoms with E-state index in [0.29, 0.717) is 0 Å². The van der Waals surface area contributed by atoms with Crippen LogP contribution in [0.25, 0.3) is 0 Å². The lowest BCUT2D eigenvalue weighted by molar-refractivity contribution is -0.133. The van der Waals surface area contributed by atoms with E-state index >= 15 is 0 Å². The Hall–Kier alpha value is -0.940. The van der Waals surface area contributed by atoms with Crippen LogP contribution in [0.1, 0.15) is 13.8 Å². The van der Waals surface area contributed by atoms with Gasteiger partial charge in [-0.05, 0) is 26.0 Å². The molecule has 1 aromatic rings. The van der Waals surface area contributed by atoms with Gasteiger partial charge in [-0.15, -0.1) is 11.8 Å². The van der Waals surface area contributed by atoms with E-state index in [1.807, 2.05) is 24.3 Å². The molecule has 0 amide bonds. The number of benzene rings is 1. The maximum absolute atomic E-state index is 10.6. The lowest BCUT2D eigenvalue weighted by Gasteiger charge is -2.30. The molecule has 17 heavy (non-hydrogen) atoms. The normalized spacial score (nSPS) is 17.2. The molecule has 0 fully saturated rings. The minimum atomic E-state index is -0.808. The number of carbonyl (C=O) groups is 1. The van der Waals surface area contributed by atoms with Crippen LogP contribution in [0, 0.1) is 0 Å². The van der Waals surface area contributed by atoms with Gasteiger partial charge in [-0.3, -0.25) is 4.79 Å². The summed E-state index contributed by atoms with van der Waals surface area (Å²) >= 11 is 3.04. The fourth-order valence-corrected chi connectivity index (χ4v) is 3.65. The summed E-state index contributed by atoms with van der Waals surface area (Å²) in [5, 5.41) is 9.61. The van der Waals surface area contributed by atoms with Gasteiger partial charge in [0.1, 0.15) is 0 Å². The number of carboxylic acid groups (broad SMARTS) is 1. The number of fused-ring (bicyclic) bond motifs is 1. The van der Waals surface area contributed by atoms with E-state index in [0.717, 1.165) is 15.6 Å². The molecule has 1 aliphatic rings. The molecule has 1 aromatic carbocycles. The molecule has 1 aliphatic heterocycles. The van der Waals surface area contributed by atoms with Crippen molar-refractivity contribution in [2.75, 3.05) is 5.75 Å². The summed E-state index contributed by atoms with van der Waals surface area (Å²) in [6, 6.07) is 7.94. The second kappa shape index (κ2) is 4.74. The Balaban J connectivity index is 2.30. The van der Waals surface area contributed by atoms with Crippen LogP contribution in [0.4, 0.5) is 5.69 Å². The first kappa shape index (κ1) is 12.5. The van der Waals surface area contributed by atoms with Crippen LogP contribution in [-0.2, 0) is 4.79 Å². The van der Waals surface area contributed by atoms with Gasteiger partial charge in [-0.2, -0.15) is 0 Å². The number of nitrogens with zero attached hydrogens (tertiary/aromatic N) is 1. The molecule has 0 aliphatic carbocycles. The first-order valence-corrected chi connectivity index (χ1v) is 7.01. The van der Waals surface area contributed by atoms with Crippen molar-refractivity contribution in [2.24, 2.45) is 4.99 Å². The van der Waals surface area contributed by atoms with E-state index in [1.54, 1.807) is 11.8 Å². The van der Waals surface area contributed by atoms with Gasteiger partial charge in [0.05, 0.1) is 21.2 Å². The van der Waals surface area contributed by atoms with E-state index in [9.17, 15) is 4.79 Å². The zero-order valence-corrected chi connectivity index (χ0v) is 11.3. The highest BCUT2D eigenvalue weighted by molar-refractivity contribution is 8.17. The average molecular weight is 267 g/mol. The fourth-order valence-electron chi connectivity index (χ4n) is 1.53. The molecule has 0 radical (unpaired) electrons. The van der Waals surface area contributed by atoms with Gasteiger partial charge in [0.25, 0.3) is 0 Å². The van der Waals surface area contributed by atoms with Crippen LogP contribution in [-0.4, -0.2) is 26.6 Å². The van der Waals surface area contributed by atoms with Gasteiger partial charge in [0.2, 0.25) is 0 Å². The highest BCUT2D eigenvalue weighted by atomic mass is 32.2. The van der Waals surface area contributed by atoms with E-state index in [4.69, 9.17) is 5.11 Å². The molecular weight excluding hydrogens is 254 g/mol. The third-order valence-corrected chi connectivity index (χ3v) is 4.96. The van der Waals surface area contributed by atoms with E-state index in [-0.39, 0.29) is 10.5 Å². The quantitative estimate of drug-likeness (QED) is 0.892. The molecule has 0 spiro atoms. The Labute approximate surface area is 109 Å². The van der Waals surface area contributed by atoms with Crippen molar-refractivity contribution in [2.45, 2.75) is 23.5 Å². The van der Waals surface area contributed by atoms with Crippen LogP contribution in [0.3, 0.4) is 0 Å². The smallest absolute Gasteiger partial charge is 0.313 e. The lowest BCUT2D eigenvalue weighted by Crippen LogP contribution is -2.28. The summed E-state index contributed by atoms with van der Waals surface area (Å²) in [7, 11) is 0. The molecule has 1 N–H and O–H groups in total. The standard InChI is InChI=1S/C12H13NO2S2/c1-12(2)11(16-7-10(14)15)13-8-5-3-4-6-9(8)17-12/h3-6H,7H2,1-2H3,(H,14,15). The number of para-hydroxylation sites is 1. The van der Waals surface area contributed by atoms with Crippen LogP contribution in [0.5, 0.6) is 0 Å². The topological polar surface area (TPSA) is 49.7 Å². The molecular formula is C12H13NO2S2. The number of hydrogen-bond acceptors (Lipinski definition) is 4. The lowest BCUT2D eigenvalue weighted by atomic mass is 10.2. The summed E-state index contributed by atoms with van der Waals surface area (Å²) < 4.78 is -0.158. The summed E-state index contributed by atoms with van der Waals surface area (Å²) in [4.78, 5) is 16.3. The molecule has 3 nitrogen and oxygen atoms in total. The summed E-state index contributed by atoms with van der Waals surface area (Å²) in [5.41, 5.74) is 0.935.